The Kier molecular flexibility index (Phi) is 5.24. The summed E-state index contributed by atoms with van der Waals surface area (Å²) < 4.78 is 25.1. The van der Waals surface area contributed by atoms with Gasteiger partial charge in [0.1, 0.15) is 6.04 Å². The van der Waals surface area contributed by atoms with Crippen LogP contribution in [0.5, 0.6) is 0 Å². The molecule has 1 aromatic rings. The molecule has 1 aliphatic rings. The van der Waals surface area contributed by atoms with E-state index < -0.39 is 16.1 Å². The Hall–Kier alpha value is -1.40. The van der Waals surface area contributed by atoms with Gasteiger partial charge in [-0.05, 0) is 24.3 Å². The van der Waals surface area contributed by atoms with Crippen molar-refractivity contribution in [3.8, 4) is 0 Å². The molecule has 1 aromatic carbocycles. The maximum atomic E-state index is 12.9. The van der Waals surface area contributed by atoms with E-state index in [0.29, 0.717) is 24.6 Å². The summed E-state index contributed by atoms with van der Waals surface area (Å²) in [7, 11) is -1.99. The minimum atomic E-state index is -3.46. The monoisotopic (exact) mass is 324 g/mol. The molecule has 1 fully saturated rings. The second kappa shape index (κ2) is 6.79. The molecule has 2 rings (SSSR count). The summed E-state index contributed by atoms with van der Waals surface area (Å²) in [5, 5.41) is 0. The predicted molar refractivity (Wildman–Crippen MR) is 86.8 cm³/mol. The van der Waals surface area contributed by atoms with Crippen molar-refractivity contribution in [1.29, 1.82) is 0 Å². The van der Waals surface area contributed by atoms with Gasteiger partial charge in [0.05, 0.1) is 6.26 Å². The van der Waals surface area contributed by atoms with E-state index in [1.807, 2.05) is 18.2 Å². The van der Waals surface area contributed by atoms with E-state index in [-0.39, 0.29) is 5.91 Å². The molecule has 1 heterocycles. The number of carbonyl (C=O) groups excluding carboxylic acids is 1. The van der Waals surface area contributed by atoms with Crippen molar-refractivity contribution in [2.75, 3.05) is 26.4 Å². The standard InChI is InChI=1S/C16H24N2O3S/c1-13-9-11-18(12-10-13)16(19)15(17(2)22(3,20)21)14-7-5-4-6-8-14/h4-8,13,15H,9-12H2,1-3H3/t15-/m1/s1. The van der Waals surface area contributed by atoms with Gasteiger partial charge in [-0.15, -0.1) is 0 Å². The fraction of sp³-hybridized carbons (Fsp3) is 0.562. The molecule has 0 bridgehead atoms. The van der Waals surface area contributed by atoms with Crippen molar-refractivity contribution >= 4 is 15.9 Å². The van der Waals surface area contributed by atoms with Gasteiger partial charge in [-0.2, -0.15) is 4.31 Å². The highest BCUT2D eigenvalue weighted by atomic mass is 32.2. The molecule has 0 unspecified atom stereocenters. The van der Waals surface area contributed by atoms with Gasteiger partial charge in [0.15, 0.2) is 0 Å². The molecule has 22 heavy (non-hydrogen) atoms. The fourth-order valence-corrected chi connectivity index (χ4v) is 3.33. The molecule has 0 saturated carbocycles. The number of rotatable bonds is 4. The number of sulfonamides is 1. The van der Waals surface area contributed by atoms with Gasteiger partial charge >= 0.3 is 0 Å². The average molecular weight is 324 g/mol. The summed E-state index contributed by atoms with van der Waals surface area (Å²) in [5.74, 6) is 0.484. The molecular weight excluding hydrogens is 300 g/mol. The van der Waals surface area contributed by atoms with Gasteiger partial charge < -0.3 is 4.90 Å². The zero-order valence-electron chi connectivity index (χ0n) is 13.4. The quantitative estimate of drug-likeness (QED) is 0.850. The van der Waals surface area contributed by atoms with Crippen LogP contribution in [0, 0.1) is 5.92 Å². The Labute approximate surface area is 133 Å². The van der Waals surface area contributed by atoms with Crippen LogP contribution >= 0.6 is 0 Å². The van der Waals surface area contributed by atoms with Gasteiger partial charge in [-0.3, -0.25) is 4.79 Å². The zero-order chi connectivity index (χ0) is 16.3. The zero-order valence-corrected chi connectivity index (χ0v) is 14.2. The maximum Gasteiger partial charge on any atom is 0.245 e. The van der Waals surface area contributed by atoms with Crippen molar-refractivity contribution < 1.29 is 13.2 Å². The van der Waals surface area contributed by atoms with E-state index in [0.717, 1.165) is 19.1 Å². The average Bonchev–Trinajstić information content (AvgIpc) is 2.48. The van der Waals surface area contributed by atoms with Crippen LogP contribution in [0.15, 0.2) is 30.3 Å². The Morgan fingerprint density at radius 3 is 2.27 bits per heavy atom. The van der Waals surface area contributed by atoms with Crippen LogP contribution in [0.3, 0.4) is 0 Å². The van der Waals surface area contributed by atoms with E-state index in [1.165, 1.54) is 11.4 Å². The molecule has 0 N–H and O–H groups in total. The van der Waals surface area contributed by atoms with Gasteiger partial charge in [0.2, 0.25) is 15.9 Å². The van der Waals surface area contributed by atoms with Crippen LogP contribution in [0.2, 0.25) is 0 Å². The smallest absolute Gasteiger partial charge is 0.245 e. The number of likely N-dealkylation sites (N-methyl/N-ethyl adjacent to an activating group) is 1. The molecule has 0 aliphatic carbocycles. The van der Waals surface area contributed by atoms with E-state index in [9.17, 15) is 13.2 Å². The largest absolute Gasteiger partial charge is 0.341 e. The Balaban J connectivity index is 2.30. The second-order valence-corrected chi connectivity index (χ2v) is 8.14. The van der Waals surface area contributed by atoms with E-state index in [2.05, 4.69) is 6.92 Å². The Morgan fingerprint density at radius 2 is 1.77 bits per heavy atom. The summed E-state index contributed by atoms with van der Waals surface area (Å²) in [6, 6.07) is 8.32. The number of benzene rings is 1. The number of likely N-dealkylation sites (tertiary alicyclic amines) is 1. The SMILES string of the molecule is CC1CCN(C(=O)[C@@H](c2ccccc2)N(C)S(C)(=O)=O)CC1. The first-order valence-electron chi connectivity index (χ1n) is 7.57. The minimum absolute atomic E-state index is 0.133. The normalized spacial score (nSPS) is 18.5. The fourth-order valence-electron chi connectivity index (χ4n) is 2.74. The van der Waals surface area contributed by atoms with E-state index >= 15 is 0 Å². The topological polar surface area (TPSA) is 57.7 Å². The number of amides is 1. The number of piperidine rings is 1. The van der Waals surface area contributed by atoms with Crippen molar-refractivity contribution in [2.45, 2.75) is 25.8 Å². The van der Waals surface area contributed by atoms with Gasteiger partial charge in [0, 0.05) is 20.1 Å². The molecule has 0 aromatic heterocycles. The molecule has 122 valence electrons. The number of nitrogens with zero attached hydrogens (tertiary/aromatic N) is 2. The van der Waals surface area contributed by atoms with Crippen LogP contribution in [0.4, 0.5) is 0 Å². The van der Waals surface area contributed by atoms with E-state index in [4.69, 9.17) is 0 Å². The van der Waals surface area contributed by atoms with Crippen molar-refractivity contribution in [1.82, 2.24) is 9.21 Å². The molecule has 6 heteroatoms. The summed E-state index contributed by atoms with van der Waals surface area (Å²) in [6.45, 7) is 3.57. The van der Waals surface area contributed by atoms with Crippen LogP contribution in [-0.4, -0.2) is 49.9 Å². The lowest BCUT2D eigenvalue weighted by molar-refractivity contribution is -0.136. The summed E-state index contributed by atoms with van der Waals surface area (Å²) in [4.78, 5) is 14.7. The first kappa shape index (κ1) is 17.0. The van der Waals surface area contributed by atoms with Crippen molar-refractivity contribution in [2.24, 2.45) is 5.92 Å². The Bertz CT molecular complexity index is 608. The van der Waals surface area contributed by atoms with Crippen molar-refractivity contribution in [3.05, 3.63) is 35.9 Å². The highest BCUT2D eigenvalue weighted by Gasteiger charge is 2.34. The Morgan fingerprint density at radius 1 is 1.23 bits per heavy atom. The third-order valence-electron chi connectivity index (χ3n) is 4.33. The molecule has 1 saturated heterocycles. The molecule has 0 spiro atoms. The molecule has 1 atom stereocenters. The van der Waals surface area contributed by atoms with Crippen LogP contribution < -0.4 is 0 Å². The number of carbonyl (C=O) groups is 1. The molecule has 0 radical (unpaired) electrons. The number of hydrogen-bond acceptors (Lipinski definition) is 3. The second-order valence-electron chi connectivity index (χ2n) is 6.10. The molecule has 5 nitrogen and oxygen atoms in total. The summed E-state index contributed by atoms with van der Waals surface area (Å²) >= 11 is 0. The lowest BCUT2D eigenvalue weighted by Gasteiger charge is -2.35. The molecular formula is C16H24N2O3S. The third kappa shape index (κ3) is 3.87. The number of hydrogen-bond donors (Lipinski definition) is 0. The summed E-state index contributed by atoms with van der Waals surface area (Å²) in [5.41, 5.74) is 0.707. The van der Waals surface area contributed by atoms with Crippen molar-refractivity contribution in [3.63, 3.8) is 0 Å². The lowest BCUT2D eigenvalue weighted by Crippen LogP contribution is -2.46. The molecule has 1 amide bonds. The maximum absolute atomic E-state index is 12.9. The molecule has 1 aliphatic heterocycles. The van der Waals surface area contributed by atoms with Gasteiger partial charge in [-0.1, -0.05) is 37.3 Å². The van der Waals surface area contributed by atoms with E-state index in [1.54, 1.807) is 17.0 Å². The highest BCUT2D eigenvalue weighted by molar-refractivity contribution is 7.88. The van der Waals surface area contributed by atoms with Crippen LogP contribution in [-0.2, 0) is 14.8 Å². The predicted octanol–water partition coefficient (Wildman–Crippen LogP) is 1.88. The van der Waals surface area contributed by atoms with Gasteiger partial charge in [0.25, 0.3) is 0 Å². The van der Waals surface area contributed by atoms with Gasteiger partial charge in [-0.25, -0.2) is 8.42 Å². The first-order valence-corrected chi connectivity index (χ1v) is 9.42. The van der Waals surface area contributed by atoms with Crippen LogP contribution in [0.25, 0.3) is 0 Å². The van der Waals surface area contributed by atoms with Crippen LogP contribution in [0.1, 0.15) is 31.4 Å². The first-order chi connectivity index (χ1) is 10.3. The highest BCUT2D eigenvalue weighted by Crippen LogP contribution is 2.26. The third-order valence-corrected chi connectivity index (χ3v) is 5.59. The lowest BCUT2D eigenvalue weighted by atomic mass is 9.97. The summed E-state index contributed by atoms with van der Waals surface area (Å²) in [6.07, 6.45) is 3.07. The minimum Gasteiger partial charge on any atom is -0.341 e.